The van der Waals surface area contributed by atoms with Crippen molar-refractivity contribution >= 4 is 90.4 Å². The molecule has 21 rings (SSSR count). The minimum atomic E-state index is -0.408. The fraction of sp³-hybridized carbons (Fsp3) is 0.0536. The first-order chi connectivity index (χ1) is 60.8. The van der Waals surface area contributed by atoms with E-state index in [1.165, 1.54) is 50.1 Å². The van der Waals surface area contributed by atoms with Crippen LogP contribution in [0.5, 0.6) is 0 Å². The Labute approximate surface area is 726 Å². The summed E-state index contributed by atoms with van der Waals surface area (Å²) in [4.78, 5) is 29.4. The highest BCUT2D eigenvalue weighted by Crippen LogP contribution is 2.43. The van der Waals surface area contributed by atoms with Crippen molar-refractivity contribution in [2.24, 2.45) is 0 Å². The van der Waals surface area contributed by atoms with Gasteiger partial charge in [0.2, 0.25) is 0 Å². The van der Waals surface area contributed by atoms with Crippen molar-refractivity contribution in [1.29, 1.82) is 0 Å². The van der Waals surface area contributed by atoms with Gasteiger partial charge in [-0.3, -0.25) is 0 Å². The SMILES string of the molecule is CC1(C)OB(c2cccc(C(=C(c3ccccc3)c3ccccc3)c3ccccc3)c2)OC1(C)C.Clc1ccc(-c2nc(-c3ccccc3)nc(-c3ccc4oc5ccccc5c4c3)n2)cc1.c1ccc(C(=C(c2ccccc2)c2cccc(-c3ccc(-c4nc(-c5ccccc5)nc(-c5ccc6c(c5)oc5ccccc56)n4)cc3)c2)c2ccccc2)cc1. The normalized spacial score (nSPS) is 12.6. The topological polar surface area (TPSA) is 122 Å². The zero-order valence-corrected chi connectivity index (χ0v) is 69.4. The molecular formula is C112H82BClN6O4. The van der Waals surface area contributed by atoms with Crippen molar-refractivity contribution in [2.75, 3.05) is 0 Å². The number of nitrogens with zero attached hydrogens (tertiary/aromatic N) is 6. The second-order valence-electron chi connectivity index (χ2n) is 31.5. The van der Waals surface area contributed by atoms with Gasteiger partial charge >= 0.3 is 7.12 Å². The fourth-order valence-corrected chi connectivity index (χ4v) is 16.1. The van der Waals surface area contributed by atoms with E-state index in [2.05, 4.69) is 313 Å². The molecule has 0 unspecified atom stereocenters. The first-order valence-corrected chi connectivity index (χ1v) is 41.9. The number of para-hydroxylation sites is 2. The Kier molecular flexibility index (Phi) is 22.2. The Morgan fingerprint density at radius 3 is 0.935 bits per heavy atom. The number of benzene rings is 16. The van der Waals surface area contributed by atoms with E-state index in [0.29, 0.717) is 40.0 Å². The molecule has 0 N–H and O–H groups in total. The summed E-state index contributed by atoms with van der Waals surface area (Å²) in [6, 6.07) is 146. The van der Waals surface area contributed by atoms with Crippen molar-refractivity contribution < 1.29 is 18.1 Å². The molecule has 20 aromatic rings. The molecule has 0 radical (unpaired) electrons. The lowest BCUT2D eigenvalue weighted by Crippen LogP contribution is -2.41. The zero-order chi connectivity index (χ0) is 83.9. The molecule has 5 heterocycles. The third-order valence-corrected chi connectivity index (χ3v) is 23.2. The van der Waals surface area contributed by atoms with Gasteiger partial charge in [-0.2, -0.15) is 0 Å². The first-order valence-electron chi connectivity index (χ1n) is 41.6. The third kappa shape index (κ3) is 16.7. The van der Waals surface area contributed by atoms with E-state index in [9.17, 15) is 0 Å². The van der Waals surface area contributed by atoms with Crippen molar-refractivity contribution in [3.05, 3.63) is 474 Å². The largest absolute Gasteiger partial charge is 0.494 e. The lowest BCUT2D eigenvalue weighted by atomic mass is 9.76. The van der Waals surface area contributed by atoms with Crippen LogP contribution < -0.4 is 5.46 Å². The summed E-state index contributed by atoms with van der Waals surface area (Å²) in [7, 11) is -0.408. The van der Waals surface area contributed by atoms with Crippen molar-refractivity contribution in [1.82, 2.24) is 29.9 Å². The first kappa shape index (κ1) is 78.7. The average molecular weight is 1620 g/mol. The van der Waals surface area contributed by atoms with E-state index < -0.39 is 7.12 Å². The van der Waals surface area contributed by atoms with Crippen LogP contribution in [0.15, 0.2) is 433 Å². The maximum absolute atomic E-state index is 6.38. The summed E-state index contributed by atoms with van der Waals surface area (Å²) in [5, 5.41) is 4.93. The highest BCUT2D eigenvalue weighted by Gasteiger charge is 2.52. The molecule has 1 fully saturated rings. The fourth-order valence-electron chi connectivity index (χ4n) is 16.0. The van der Waals surface area contributed by atoms with Crippen LogP contribution >= 0.6 is 11.6 Å². The van der Waals surface area contributed by atoms with E-state index in [4.69, 9.17) is 59.6 Å². The zero-order valence-electron chi connectivity index (χ0n) is 68.7. The predicted octanol–water partition coefficient (Wildman–Crippen LogP) is 27.9. The summed E-state index contributed by atoms with van der Waals surface area (Å²) in [6.07, 6.45) is 0. The van der Waals surface area contributed by atoms with Crippen LogP contribution in [-0.4, -0.2) is 48.2 Å². The molecule has 594 valence electrons. The number of hydrogen-bond acceptors (Lipinski definition) is 10. The number of halogens is 1. The van der Waals surface area contributed by atoms with E-state index in [0.717, 1.165) is 111 Å². The molecule has 10 nitrogen and oxygen atoms in total. The molecule has 1 aliphatic rings. The third-order valence-electron chi connectivity index (χ3n) is 22.9. The lowest BCUT2D eigenvalue weighted by Gasteiger charge is -2.32. The average Bonchev–Trinajstić information content (AvgIpc) is 1.66. The van der Waals surface area contributed by atoms with Gasteiger partial charge in [-0.1, -0.05) is 363 Å². The van der Waals surface area contributed by atoms with Gasteiger partial charge < -0.3 is 18.1 Å². The molecule has 0 amide bonds. The van der Waals surface area contributed by atoms with Crippen LogP contribution in [0.1, 0.15) is 72.2 Å². The Hall–Kier alpha value is -15.1. The second kappa shape index (κ2) is 34.9. The molecule has 124 heavy (non-hydrogen) atoms. The molecule has 0 saturated carbocycles. The van der Waals surface area contributed by atoms with E-state index >= 15 is 0 Å². The van der Waals surface area contributed by atoms with Gasteiger partial charge in [0, 0.05) is 59.9 Å². The molecule has 0 bridgehead atoms. The van der Waals surface area contributed by atoms with Gasteiger partial charge in [-0.05, 0) is 184 Å². The number of furan rings is 2. The number of rotatable bonds is 16. The molecule has 1 saturated heterocycles. The summed E-state index contributed by atoms with van der Waals surface area (Å²) < 4.78 is 25.0. The van der Waals surface area contributed by atoms with Crippen molar-refractivity contribution in [3.63, 3.8) is 0 Å². The Bertz CT molecular complexity index is 7160. The van der Waals surface area contributed by atoms with Crippen molar-refractivity contribution in [3.8, 4) is 79.5 Å². The number of fused-ring (bicyclic) bond motifs is 6. The van der Waals surface area contributed by atoms with Gasteiger partial charge in [-0.25, -0.2) is 29.9 Å². The van der Waals surface area contributed by atoms with E-state index in [-0.39, 0.29) is 11.2 Å². The highest BCUT2D eigenvalue weighted by atomic mass is 35.5. The monoisotopic (exact) mass is 1620 g/mol. The highest BCUT2D eigenvalue weighted by molar-refractivity contribution is 6.62. The maximum atomic E-state index is 6.38. The van der Waals surface area contributed by atoms with Gasteiger partial charge in [-0.15, -0.1) is 0 Å². The molecule has 4 aromatic heterocycles. The summed E-state index contributed by atoms with van der Waals surface area (Å²) in [6.45, 7) is 8.37. The molecular weight excluding hydrogens is 1540 g/mol. The maximum Gasteiger partial charge on any atom is 0.494 e. The van der Waals surface area contributed by atoms with E-state index in [1.54, 1.807) is 0 Å². The Morgan fingerprint density at radius 2 is 0.500 bits per heavy atom. The number of aromatic nitrogens is 6. The van der Waals surface area contributed by atoms with Gasteiger partial charge in [0.15, 0.2) is 34.9 Å². The summed E-state index contributed by atoms with van der Waals surface area (Å²) in [5.74, 6) is 3.64. The minimum absolute atomic E-state index is 0.384. The van der Waals surface area contributed by atoms with Crippen molar-refractivity contribution in [2.45, 2.75) is 38.9 Å². The van der Waals surface area contributed by atoms with E-state index in [1.807, 2.05) is 140 Å². The lowest BCUT2D eigenvalue weighted by molar-refractivity contribution is 0.00578. The molecule has 16 aromatic carbocycles. The molecule has 12 heteroatoms. The Balaban J connectivity index is 0.000000130. The standard InChI is InChI=1S/C53H35N3O.C32H31BO2.C27H16ClN3O/c1-5-16-37(17-6-1)49(38-18-7-2-8-19-38)50(39-20-9-3-10-21-39)43-25-15-24-42(34-43)36-28-30-41(31-29-36)52-54-51(40-22-11-4-12-23-40)55-53(56-52)44-32-33-46-45-26-13-14-27-47(45)57-48(46)35-44;1-31(2)32(3,4)35-33(34-31)28-22-14-21-27(23-28)30(26-19-12-7-13-20-26)29(24-15-8-5-9-16-24)25-17-10-6-11-18-25;28-20-13-10-18(11-14-20)26-29-25(17-6-2-1-3-7-17)30-27(31-26)19-12-15-24-22(16-19)21-8-4-5-9-23(21)32-24/h1-35H;5-23H,1-4H3;1-16H. The molecule has 1 aliphatic heterocycles. The van der Waals surface area contributed by atoms with Crippen LogP contribution in [0.25, 0.3) is 146 Å². The quantitative estimate of drug-likeness (QED) is 0.0683. The summed E-state index contributed by atoms with van der Waals surface area (Å²) >= 11 is 6.08. The Morgan fingerprint density at radius 1 is 0.218 bits per heavy atom. The smallest absolute Gasteiger partial charge is 0.456 e. The molecule has 0 spiro atoms. The van der Waals surface area contributed by atoms with Crippen LogP contribution in [-0.2, 0) is 9.31 Å². The second-order valence-corrected chi connectivity index (χ2v) is 32.0. The van der Waals surface area contributed by atoms with Crippen LogP contribution in [0.4, 0.5) is 0 Å². The number of hydrogen-bond donors (Lipinski definition) is 0. The van der Waals surface area contributed by atoms with Crippen LogP contribution in [0.3, 0.4) is 0 Å². The minimum Gasteiger partial charge on any atom is -0.456 e. The molecule has 0 aliphatic carbocycles. The molecule has 0 atom stereocenters. The van der Waals surface area contributed by atoms with Crippen LogP contribution in [0.2, 0.25) is 5.02 Å². The van der Waals surface area contributed by atoms with Crippen LogP contribution in [0, 0.1) is 0 Å². The van der Waals surface area contributed by atoms with Gasteiger partial charge in [0.25, 0.3) is 0 Å². The van der Waals surface area contributed by atoms with Gasteiger partial charge in [0.1, 0.15) is 22.3 Å². The predicted molar refractivity (Wildman–Crippen MR) is 508 cm³/mol. The summed E-state index contributed by atoms with van der Waals surface area (Å²) in [5.41, 5.74) is 25.3. The van der Waals surface area contributed by atoms with Gasteiger partial charge in [0.05, 0.1) is 11.2 Å².